The van der Waals surface area contributed by atoms with E-state index >= 15 is 0 Å². The summed E-state index contributed by atoms with van der Waals surface area (Å²) in [6, 6.07) is 7.51. The molecule has 2 N–H and O–H groups in total. The Bertz CT molecular complexity index is 1510. The van der Waals surface area contributed by atoms with Crippen LogP contribution in [0.25, 0.3) is 10.9 Å². The molecule has 38 heavy (non-hydrogen) atoms. The van der Waals surface area contributed by atoms with Gasteiger partial charge >= 0.3 is 0 Å². The molecule has 0 aliphatic carbocycles. The van der Waals surface area contributed by atoms with Gasteiger partial charge in [0.2, 0.25) is 0 Å². The number of anilines is 1. The minimum Gasteiger partial charge on any atom is -0.376 e. The van der Waals surface area contributed by atoms with Crippen molar-refractivity contribution in [1.29, 1.82) is 0 Å². The number of rotatable bonds is 5. The Morgan fingerprint density at radius 1 is 1.16 bits per heavy atom. The maximum Gasteiger partial charge on any atom is 0.263 e. The molecule has 1 aromatic carbocycles. The second-order valence-corrected chi connectivity index (χ2v) is 11.5. The average molecular weight is 550 g/mol. The number of piperidine rings is 1. The lowest BCUT2D eigenvalue weighted by molar-refractivity contribution is 0.0974. The highest BCUT2D eigenvalue weighted by Crippen LogP contribution is 2.42. The van der Waals surface area contributed by atoms with Crippen molar-refractivity contribution >= 4 is 40.1 Å². The normalized spacial score (nSPS) is 20.9. The molecule has 3 aromatic heterocycles. The van der Waals surface area contributed by atoms with Crippen LogP contribution in [0, 0.1) is 5.41 Å². The highest BCUT2D eigenvalue weighted by molar-refractivity contribution is 7.99. The highest BCUT2D eigenvalue weighted by atomic mass is 35.5. The molecule has 0 amide bonds. The summed E-state index contributed by atoms with van der Waals surface area (Å²) in [7, 11) is 0. The molecule has 0 unspecified atom stereocenters. The van der Waals surface area contributed by atoms with Crippen LogP contribution < -0.4 is 16.2 Å². The smallest absolute Gasteiger partial charge is 0.263 e. The number of nitrogens with two attached hydrogens (primary N) is 1. The van der Waals surface area contributed by atoms with Gasteiger partial charge in [0.25, 0.3) is 5.56 Å². The molecule has 2 saturated heterocycles. The molecule has 1 spiro atoms. The van der Waals surface area contributed by atoms with Crippen LogP contribution in [0.1, 0.15) is 25.3 Å². The monoisotopic (exact) mass is 549 g/mol. The van der Waals surface area contributed by atoms with Crippen molar-refractivity contribution in [1.82, 2.24) is 24.5 Å². The molecule has 11 heteroatoms. The Morgan fingerprint density at radius 2 is 2.00 bits per heavy atom. The molecule has 2 fully saturated rings. The third kappa shape index (κ3) is 4.66. The SMILES string of the molecule is C[C@@H]1OCC2(CCN(c3cnc(Sc4ccc5ncn(Cc6cccnc6)c(=O)c5c4Cl)cn3)CC2)[C@@H]1N. The Balaban J connectivity index is 1.18. The van der Waals surface area contributed by atoms with Gasteiger partial charge in [0.05, 0.1) is 53.9 Å². The zero-order valence-electron chi connectivity index (χ0n) is 21.0. The molecular weight excluding hydrogens is 522 g/mol. The lowest BCUT2D eigenvalue weighted by Gasteiger charge is -2.41. The highest BCUT2D eigenvalue weighted by Gasteiger charge is 2.47. The lowest BCUT2D eigenvalue weighted by atomic mass is 9.73. The topological polar surface area (TPSA) is 112 Å². The second-order valence-electron chi connectivity index (χ2n) is 10.0. The first-order valence-electron chi connectivity index (χ1n) is 12.6. The van der Waals surface area contributed by atoms with Crippen molar-refractivity contribution in [3.05, 3.63) is 76.3 Å². The van der Waals surface area contributed by atoms with E-state index in [4.69, 9.17) is 22.1 Å². The summed E-state index contributed by atoms with van der Waals surface area (Å²) in [5.74, 6) is 0.844. The first-order chi connectivity index (χ1) is 18.4. The van der Waals surface area contributed by atoms with Crippen molar-refractivity contribution in [2.45, 2.75) is 48.4 Å². The van der Waals surface area contributed by atoms with Gasteiger partial charge in [0.1, 0.15) is 10.8 Å². The summed E-state index contributed by atoms with van der Waals surface area (Å²) < 4.78 is 7.38. The van der Waals surface area contributed by atoms with Crippen LogP contribution in [0.2, 0.25) is 5.02 Å². The molecule has 0 saturated carbocycles. The molecule has 5 heterocycles. The standard InChI is InChI=1S/C27H28ClN7O2S/c1-17-25(29)27(15-37-17)6-9-34(10-7-27)21-12-32-22(13-31-21)38-20-5-4-19-23(24(20)28)26(36)35(16-33-19)14-18-3-2-8-30-11-18/h2-5,8,11-13,16-17,25H,6-7,9-10,14-15,29H2,1H3/t17-,25+/m0/s1. The summed E-state index contributed by atoms with van der Waals surface area (Å²) in [5.41, 5.74) is 7.78. The first kappa shape index (κ1) is 25.2. The first-order valence-corrected chi connectivity index (χ1v) is 13.8. The molecule has 9 nitrogen and oxygen atoms in total. The number of pyridine rings is 1. The van der Waals surface area contributed by atoms with E-state index in [9.17, 15) is 4.79 Å². The summed E-state index contributed by atoms with van der Waals surface area (Å²) >= 11 is 8.12. The van der Waals surface area contributed by atoms with E-state index < -0.39 is 0 Å². The lowest BCUT2D eigenvalue weighted by Crippen LogP contribution is -2.50. The van der Waals surface area contributed by atoms with E-state index in [2.05, 4.69) is 31.8 Å². The van der Waals surface area contributed by atoms with Crippen molar-refractivity contribution in [2.75, 3.05) is 24.6 Å². The minimum atomic E-state index is -0.197. The average Bonchev–Trinajstić information content (AvgIpc) is 3.21. The number of benzene rings is 1. The molecule has 0 bridgehead atoms. The van der Waals surface area contributed by atoms with Gasteiger partial charge in [-0.2, -0.15) is 0 Å². The second kappa shape index (κ2) is 10.3. The Kier molecular flexibility index (Phi) is 6.81. The van der Waals surface area contributed by atoms with Crippen LogP contribution in [0.4, 0.5) is 5.82 Å². The van der Waals surface area contributed by atoms with E-state index in [0.717, 1.165) is 48.8 Å². The fourth-order valence-electron chi connectivity index (χ4n) is 5.36. The van der Waals surface area contributed by atoms with Crippen LogP contribution in [-0.2, 0) is 11.3 Å². The van der Waals surface area contributed by atoms with E-state index in [1.54, 1.807) is 35.7 Å². The zero-order chi connectivity index (χ0) is 26.3. The van der Waals surface area contributed by atoms with Crippen LogP contribution in [-0.4, -0.2) is 56.3 Å². The van der Waals surface area contributed by atoms with Gasteiger partial charge in [0, 0.05) is 41.8 Å². The maximum atomic E-state index is 13.3. The van der Waals surface area contributed by atoms with Crippen LogP contribution >= 0.6 is 23.4 Å². The summed E-state index contributed by atoms with van der Waals surface area (Å²) in [6.07, 6.45) is 10.6. The van der Waals surface area contributed by atoms with E-state index in [1.165, 1.54) is 11.8 Å². The number of halogens is 1. The third-order valence-corrected chi connectivity index (χ3v) is 9.21. The Labute approximate surface area is 229 Å². The van der Waals surface area contributed by atoms with Crippen LogP contribution in [0.5, 0.6) is 0 Å². The van der Waals surface area contributed by atoms with Gasteiger partial charge in [-0.25, -0.2) is 15.0 Å². The molecular formula is C27H28ClN7O2S. The van der Waals surface area contributed by atoms with E-state index in [0.29, 0.717) is 27.5 Å². The van der Waals surface area contributed by atoms with Gasteiger partial charge in [0.15, 0.2) is 0 Å². The molecule has 196 valence electrons. The summed E-state index contributed by atoms with van der Waals surface area (Å²) in [5, 5.41) is 1.45. The molecule has 2 aliphatic rings. The number of aromatic nitrogens is 5. The fraction of sp³-hybridized carbons (Fsp3) is 0.370. The number of ether oxygens (including phenoxy) is 1. The van der Waals surface area contributed by atoms with Crippen molar-refractivity contribution in [3.8, 4) is 0 Å². The molecule has 0 radical (unpaired) electrons. The van der Waals surface area contributed by atoms with E-state index in [-0.39, 0.29) is 23.1 Å². The van der Waals surface area contributed by atoms with Crippen LogP contribution in [0.3, 0.4) is 0 Å². The molecule has 2 aliphatic heterocycles. The number of nitrogens with zero attached hydrogens (tertiary/aromatic N) is 6. The van der Waals surface area contributed by atoms with Crippen molar-refractivity contribution in [2.24, 2.45) is 11.1 Å². The third-order valence-electron chi connectivity index (χ3n) is 7.73. The number of hydrogen-bond donors (Lipinski definition) is 1. The predicted octanol–water partition coefficient (Wildman–Crippen LogP) is 3.77. The van der Waals surface area contributed by atoms with E-state index in [1.807, 2.05) is 24.3 Å². The molecule has 6 rings (SSSR count). The predicted molar refractivity (Wildman–Crippen MR) is 148 cm³/mol. The number of fused-ring (bicyclic) bond motifs is 1. The Morgan fingerprint density at radius 3 is 2.68 bits per heavy atom. The van der Waals surface area contributed by atoms with Crippen molar-refractivity contribution in [3.63, 3.8) is 0 Å². The van der Waals surface area contributed by atoms with Gasteiger partial charge in [-0.1, -0.05) is 29.4 Å². The number of hydrogen-bond acceptors (Lipinski definition) is 9. The quantitative estimate of drug-likeness (QED) is 0.397. The van der Waals surface area contributed by atoms with Crippen LogP contribution in [0.15, 0.2) is 70.1 Å². The minimum absolute atomic E-state index is 0.0668. The van der Waals surface area contributed by atoms with Gasteiger partial charge in [-0.3, -0.25) is 14.3 Å². The Hall–Kier alpha value is -3.05. The van der Waals surface area contributed by atoms with Gasteiger partial charge < -0.3 is 15.4 Å². The summed E-state index contributed by atoms with van der Waals surface area (Å²) in [6.45, 7) is 4.91. The summed E-state index contributed by atoms with van der Waals surface area (Å²) in [4.78, 5) is 34.1. The maximum absolute atomic E-state index is 13.3. The largest absolute Gasteiger partial charge is 0.376 e. The fourth-order valence-corrected chi connectivity index (χ4v) is 6.48. The molecule has 2 atom stereocenters. The zero-order valence-corrected chi connectivity index (χ0v) is 22.5. The molecule has 4 aromatic rings. The van der Waals surface area contributed by atoms with Gasteiger partial charge in [-0.15, -0.1) is 0 Å². The van der Waals surface area contributed by atoms with Crippen molar-refractivity contribution < 1.29 is 4.74 Å². The van der Waals surface area contributed by atoms with Gasteiger partial charge in [-0.05, 0) is 43.5 Å².